The van der Waals surface area contributed by atoms with Crippen LogP contribution >= 0.6 is 0 Å². The maximum Gasteiger partial charge on any atom is 0.119 e. The summed E-state index contributed by atoms with van der Waals surface area (Å²) in [5, 5.41) is 0. The average molecular weight is 269 g/mol. The van der Waals surface area contributed by atoms with Crippen molar-refractivity contribution in [3.63, 3.8) is 0 Å². The van der Waals surface area contributed by atoms with Crippen molar-refractivity contribution < 1.29 is 4.74 Å². The number of rotatable bonds is 6. The van der Waals surface area contributed by atoms with Crippen LogP contribution in [0.25, 0.3) is 11.1 Å². The van der Waals surface area contributed by atoms with E-state index in [9.17, 15) is 0 Å². The van der Waals surface area contributed by atoms with Crippen molar-refractivity contribution in [3.8, 4) is 16.9 Å². The van der Waals surface area contributed by atoms with E-state index in [1.165, 1.54) is 23.1 Å². The lowest BCUT2D eigenvalue weighted by Crippen LogP contribution is -2.13. The second kappa shape index (κ2) is 7.11. The number of benzene rings is 2. The maximum absolute atomic E-state index is 5.29. The van der Waals surface area contributed by atoms with E-state index in [1.807, 2.05) is 12.1 Å². The summed E-state index contributed by atoms with van der Waals surface area (Å²) in [5.74, 6) is 0.903. The zero-order valence-corrected chi connectivity index (χ0v) is 12.6. The van der Waals surface area contributed by atoms with Crippen LogP contribution < -0.4 is 4.74 Å². The van der Waals surface area contributed by atoms with Gasteiger partial charge in [0, 0.05) is 0 Å². The lowest BCUT2D eigenvalue weighted by Gasteiger charge is -2.10. The summed E-state index contributed by atoms with van der Waals surface area (Å²) in [6, 6.07) is 17.0. The SMILES string of the molecule is COc1cccc(-c2cccc(CCCN(C)C)c2)c1. The van der Waals surface area contributed by atoms with Gasteiger partial charge in [-0.2, -0.15) is 0 Å². The summed E-state index contributed by atoms with van der Waals surface area (Å²) in [6.45, 7) is 1.13. The summed E-state index contributed by atoms with van der Waals surface area (Å²) < 4.78 is 5.29. The van der Waals surface area contributed by atoms with Gasteiger partial charge in [0.2, 0.25) is 0 Å². The summed E-state index contributed by atoms with van der Waals surface area (Å²) in [4.78, 5) is 2.23. The second-order valence-corrected chi connectivity index (χ2v) is 5.34. The fourth-order valence-electron chi connectivity index (χ4n) is 2.31. The molecule has 2 rings (SSSR count). The van der Waals surface area contributed by atoms with Gasteiger partial charge in [-0.3, -0.25) is 0 Å². The predicted octanol–water partition coefficient (Wildman–Crippen LogP) is 3.86. The van der Waals surface area contributed by atoms with Gasteiger partial charge in [0.05, 0.1) is 7.11 Å². The van der Waals surface area contributed by atoms with E-state index in [0.717, 1.165) is 18.7 Å². The third kappa shape index (κ3) is 4.10. The van der Waals surface area contributed by atoms with Gasteiger partial charge >= 0.3 is 0 Å². The van der Waals surface area contributed by atoms with Crippen LogP contribution in [-0.2, 0) is 6.42 Å². The maximum atomic E-state index is 5.29. The van der Waals surface area contributed by atoms with Crippen LogP contribution in [0.5, 0.6) is 5.75 Å². The fraction of sp³-hybridized carbons (Fsp3) is 0.333. The molecule has 0 unspecified atom stereocenters. The van der Waals surface area contributed by atoms with Crippen molar-refractivity contribution in [2.75, 3.05) is 27.7 Å². The Bertz CT molecular complexity index is 549. The smallest absolute Gasteiger partial charge is 0.119 e. The lowest BCUT2D eigenvalue weighted by molar-refractivity contribution is 0.400. The van der Waals surface area contributed by atoms with Crippen LogP contribution in [0.1, 0.15) is 12.0 Å². The first-order chi connectivity index (χ1) is 9.69. The molecule has 0 N–H and O–H groups in total. The first-order valence-corrected chi connectivity index (χ1v) is 7.07. The highest BCUT2D eigenvalue weighted by atomic mass is 16.5. The van der Waals surface area contributed by atoms with Crippen molar-refractivity contribution in [2.45, 2.75) is 12.8 Å². The van der Waals surface area contributed by atoms with Gasteiger partial charge in [0.25, 0.3) is 0 Å². The molecule has 0 amide bonds. The lowest BCUT2D eigenvalue weighted by atomic mass is 10.0. The first kappa shape index (κ1) is 14.6. The van der Waals surface area contributed by atoms with Gasteiger partial charge in [0.1, 0.15) is 5.75 Å². The van der Waals surface area contributed by atoms with E-state index in [-0.39, 0.29) is 0 Å². The van der Waals surface area contributed by atoms with Crippen LogP contribution in [0.2, 0.25) is 0 Å². The molecule has 0 radical (unpaired) electrons. The third-order valence-corrected chi connectivity index (χ3v) is 3.40. The van der Waals surface area contributed by atoms with Crippen molar-refractivity contribution in [1.82, 2.24) is 4.90 Å². The molecule has 0 aliphatic carbocycles. The molecular weight excluding hydrogens is 246 g/mol. The number of hydrogen-bond acceptors (Lipinski definition) is 2. The Morgan fingerprint density at radius 2 is 1.65 bits per heavy atom. The van der Waals surface area contributed by atoms with Crippen LogP contribution in [0, 0.1) is 0 Å². The summed E-state index contributed by atoms with van der Waals surface area (Å²) in [7, 11) is 5.94. The van der Waals surface area contributed by atoms with Gasteiger partial charge in [-0.05, 0) is 62.3 Å². The highest BCUT2D eigenvalue weighted by molar-refractivity contribution is 5.65. The van der Waals surface area contributed by atoms with Gasteiger partial charge in [-0.15, -0.1) is 0 Å². The number of ether oxygens (including phenoxy) is 1. The highest BCUT2D eigenvalue weighted by Crippen LogP contribution is 2.24. The average Bonchev–Trinajstić information content (AvgIpc) is 2.47. The minimum Gasteiger partial charge on any atom is -0.497 e. The standard InChI is InChI=1S/C18H23NO/c1-19(2)12-6-8-15-7-4-9-16(13-15)17-10-5-11-18(14-17)20-3/h4-5,7,9-11,13-14H,6,8,12H2,1-3H3. The van der Waals surface area contributed by atoms with Crippen LogP contribution in [0.4, 0.5) is 0 Å². The molecule has 0 spiro atoms. The van der Waals surface area contributed by atoms with Gasteiger partial charge < -0.3 is 9.64 Å². The molecule has 20 heavy (non-hydrogen) atoms. The third-order valence-electron chi connectivity index (χ3n) is 3.40. The van der Waals surface area contributed by atoms with E-state index < -0.39 is 0 Å². The molecule has 0 aromatic heterocycles. The number of methoxy groups -OCH3 is 1. The molecule has 106 valence electrons. The summed E-state index contributed by atoms with van der Waals surface area (Å²) in [6.07, 6.45) is 2.31. The number of aryl methyl sites for hydroxylation is 1. The Morgan fingerprint density at radius 1 is 0.950 bits per heavy atom. The molecule has 2 aromatic carbocycles. The quantitative estimate of drug-likeness (QED) is 0.789. The van der Waals surface area contributed by atoms with Crippen molar-refractivity contribution in [1.29, 1.82) is 0 Å². The fourth-order valence-corrected chi connectivity index (χ4v) is 2.31. The van der Waals surface area contributed by atoms with Gasteiger partial charge in [-0.1, -0.05) is 36.4 Å². The van der Waals surface area contributed by atoms with E-state index >= 15 is 0 Å². The molecule has 0 aliphatic rings. The number of nitrogens with zero attached hydrogens (tertiary/aromatic N) is 1. The zero-order chi connectivity index (χ0) is 14.4. The van der Waals surface area contributed by atoms with Gasteiger partial charge in [-0.25, -0.2) is 0 Å². The zero-order valence-electron chi connectivity index (χ0n) is 12.6. The minimum absolute atomic E-state index is 0.903. The Hall–Kier alpha value is -1.80. The van der Waals surface area contributed by atoms with E-state index in [0.29, 0.717) is 0 Å². The molecule has 0 fully saturated rings. The molecular formula is C18H23NO. The summed E-state index contributed by atoms with van der Waals surface area (Å²) in [5.41, 5.74) is 3.86. The van der Waals surface area contributed by atoms with Crippen LogP contribution in [0.3, 0.4) is 0 Å². The first-order valence-electron chi connectivity index (χ1n) is 7.07. The van der Waals surface area contributed by atoms with E-state index in [1.54, 1.807) is 7.11 Å². The minimum atomic E-state index is 0.903. The molecule has 0 atom stereocenters. The molecule has 2 nitrogen and oxygen atoms in total. The van der Waals surface area contributed by atoms with Crippen molar-refractivity contribution in [3.05, 3.63) is 54.1 Å². The van der Waals surface area contributed by atoms with Crippen molar-refractivity contribution >= 4 is 0 Å². The van der Waals surface area contributed by atoms with Crippen LogP contribution in [-0.4, -0.2) is 32.6 Å². The van der Waals surface area contributed by atoms with E-state index in [4.69, 9.17) is 4.74 Å². The molecule has 0 heterocycles. The molecule has 2 heteroatoms. The number of hydrogen-bond donors (Lipinski definition) is 0. The Kier molecular flexibility index (Phi) is 5.19. The molecule has 2 aromatic rings. The topological polar surface area (TPSA) is 12.5 Å². The Labute approximate surface area is 122 Å². The van der Waals surface area contributed by atoms with Crippen LogP contribution in [0.15, 0.2) is 48.5 Å². The largest absolute Gasteiger partial charge is 0.497 e. The molecule has 0 saturated heterocycles. The Balaban J connectivity index is 2.12. The monoisotopic (exact) mass is 269 g/mol. The molecule has 0 bridgehead atoms. The molecule has 0 aliphatic heterocycles. The highest BCUT2D eigenvalue weighted by Gasteiger charge is 2.01. The molecule has 0 saturated carbocycles. The normalized spacial score (nSPS) is 10.8. The van der Waals surface area contributed by atoms with Gasteiger partial charge in [0.15, 0.2) is 0 Å². The van der Waals surface area contributed by atoms with E-state index in [2.05, 4.69) is 55.4 Å². The Morgan fingerprint density at radius 3 is 2.35 bits per heavy atom. The summed E-state index contributed by atoms with van der Waals surface area (Å²) >= 11 is 0. The van der Waals surface area contributed by atoms with Crippen molar-refractivity contribution in [2.24, 2.45) is 0 Å². The second-order valence-electron chi connectivity index (χ2n) is 5.34. The predicted molar refractivity (Wildman–Crippen MR) is 85.3 cm³/mol.